The van der Waals surface area contributed by atoms with Crippen molar-refractivity contribution in [2.24, 2.45) is 0 Å². The number of fused-ring (bicyclic) bond motifs is 1. The second kappa shape index (κ2) is 7.18. The number of nitrogens with zero attached hydrogens (tertiary/aromatic N) is 2. The first-order chi connectivity index (χ1) is 14.6. The largest absolute Gasteiger partial charge is 0.486 e. The zero-order valence-electron chi connectivity index (χ0n) is 16.2. The Morgan fingerprint density at radius 2 is 1.90 bits per heavy atom. The number of rotatable bonds is 4. The number of carbonyl (C=O) groups is 1. The summed E-state index contributed by atoms with van der Waals surface area (Å²) in [5.41, 5.74) is 1.73. The molecule has 0 aliphatic carbocycles. The third-order valence-electron chi connectivity index (χ3n) is 5.06. The number of hydrogen-bond donors (Lipinski definition) is 0. The molecule has 0 radical (unpaired) electrons. The van der Waals surface area contributed by atoms with Gasteiger partial charge in [0.25, 0.3) is 5.91 Å². The molecule has 0 N–H and O–H groups in total. The first-order valence-electron chi connectivity index (χ1n) is 9.59. The average molecular weight is 402 g/mol. The predicted octanol–water partition coefficient (Wildman–Crippen LogP) is 3.66. The maximum Gasteiger partial charge on any atom is 0.339 e. The van der Waals surface area contributed by atoms with E-state index in [1.54, 1.807) is 30.0 Å². The topological polar surface area (TPSA) is 85.8 Å². The van der Waals surface area contributed by atoms with Crippen LogP contribution < -0.4 is 10.4 Å². The van der Waals surface area contributed by atoms with Gasteiger partial charge in [-0.25, -0.2) is 4.79 Å². The van der Waals surface area contributed by atoms with Crippen LogP contribution in [0.15, 0.2) is 74.4 Å². The molecule has 2 aromatic carbocycles. The Morgan fingerprint density at radius 3 is 2.67 bits per heavy atom. The van der Waals surface area contributed by atoms with Crippen molar-refractivity contribution in [2.75, 3.05) is 13.1 Å². The molecule has 7 heteroatoms. The SMILES string of the molecule is Cc1cc(OC2CN(C(=O)c3ccc4noc(-c5ccccc5)c4c3)C2)cc(=O)o1. The molecule has 4 aromatic rings. The first kappa shape index (κ1) is 18.2. The smallest absolute Gasteiger partial charge is 0.339 e. The van der Waals surface area contributed by atoms with Crippen molar-refractivity contribution in [2.45, 2.75) is 13.0 Å². The molecule has 0 spiro atoms. The highest BCUT2D eigenvalue weighted by Crippen LogP contribution is 2.30. The third kappa shape index (κ3) is 3.34. The minimum absolute atomic E-state index is 0.0827. The van der Waals surface area contributed by atoms with E-state index in [1.165, 1.54) is 6.07 Å². The highest BCUT2D eigenvalue weighted by atomic mass is 16.5. The Labute approximate surface area is 171 Å². The van der Waals surface area contributed by atoms with Gasteiger partial charge in [-0.2, -0.15) is 0 Å². The van der Waals surface area contributed by atoms with E-state index < -0.39 is 5.63 Å². The Balaban J connectivity index is 1.32. The van der Waals surface area contributed by atoms with Gasteiger partial charge in [-0.3, -0.25) is 4.79 Å². The first-order valence-corrected chi connectivity index (χ1v) is 9.59. The summed E-state index contributed by atoms with van der Waals surface area (Å²) < 4.78 is 16.2. The summed E-state index contributed by atoms with van der Waals surface area (Å²) in [5.74, 6) is 1.50. The van der Waals surface area contributed by atoms with E-state index >= 15 is 0 Å². The van der Waals surface area contributed by atoms with Crippen LogP contribution in [0.25, 0.3) is 22.2 Å². The van der Waals surface area contributed by atoms with Crippen LogP contribution in [0.5, 0.6) is 5.75 Å². The molecule has 0 atom stereocenters. The summed E-state index contributed by atoms with van der Waals surface area (Å²) in [5, 5.41) is 4.89. The Bertz CT molecular complexity index is 1290. The van der Waals surface area contributed by atoms with E-state index in [2.05, 4.69) is 5.16 Å². The normalized spacial score (nSPS) is 14.0. The maximum atomic E-state index is 12.9. The quantitative estimate of drug-likeness (QED) is 0.518. The maximum absolute atomic E-state index is 12.9. The molecule has 30 heavy (non-hydrogen) atoms. The van der Waals surface area contributed by atoms with E-state index in [0.29, 0.717) is 41.4 Å². The lowest BCUT2D eigenvalue weighted by atomic mass is 10.0. The number of aromatic nitrogens is 1. The predicted molar refractivity (Wildman–Crippen MR) is 109 cm³/mol. The number of ether oxygens (including phenoxy) is 1. The molecule has 2 aromatic heterocycles. The highest BCUT2D eigenvalue weighted by molar-refractivity contribution is 6.01. The van der Waals surface area contributed by atoms with Gasteiger partial charge in [-0.15, -0.1) is 0 Å². The van der Waals surface area contributed by atoms with E-state index in [1.807, 2.05) is 36.4 Å². The Hall–Kier alpha value is -3.87. The van der Waals surface area contributed by atoms with Crippen LogP contribution in [0.1, 0.15) is 16.1 Å². The van der Waals surface area contributed by atoms with Crippen LogP contribution in [0, 0.1) is 6.92 Å². The van der Waals surface area contributed by atoms with Crippen molar-refractivity contribution in [3.63, 3.8) is 0 Å². The van der Waals surface area contributed by atoms with Crippen molar-refractivity contribution in [3.05, 3.63) is 82.4 Å². The van der Waals surface area contributed by atoms with E-state index in [4.69, 9.17) is 13.7 Å². The lowest BCUT2D eigenvalue weighted by Gasteiger charge is -2.39. The molecule has 1 saturated heterocycles. The van der Waals surface area contributed by atoms with E-state index in [9.17, 15) is 9.59 Å². The second-order valence-electron chi connectivity index (χ2n) is 7.28. The van der Waals surface area contributed by atoms with Gasteiger partial charge in [0.2, 0.25) is 0 Å². The molecule has 1 fully saturated rings. The fourth-order valence-corrected chi connectivity index (χ4v) is 3.57. The van der Waals surface area contributed by atoms with Gasteiger partial charge in [-0.05, 0) is 25.1 Å². The standard InChI is InChI=1S/C23H18N2O5/c1-14-9-17(11-21(26)28-14)29-18-12-25(13-18)23(27)16-7-8-20-19(10-16)22(30-24-20)15-5-3-2-4-6-15/h2-11,18H,12-13H2,1H3. The molecule has 5 rings (SSSR count). The number of carbonyl (C=O) groups excluding carboxylic acids is 1. The van der Waals surface area contributed by atoms with Gasteiger partial charge in [0.15, 0.2) is 5.76 Å². The summed E-state index contributed by atoms with van der Waals surface area (Å²) >= 11 is 0. The molecular weight excluding hydrogens is 384 g/mol. The number of likely N-dealkylation sites (tertiary alicyclic amines) is 1. The minimum atomic E-state index is -0.450. The fourth-order valence-electron chi connectivity index (χ4n) is 3.57. The molecule has 0 bridgehead atoms. The van der Waals surface area contributed by atoms with E-state index in [0.717, 1.165) is 10.9 Å². The Kier molecular flexibility index (Phi) is 4.35. The van der Waals surface area contributed by atoms with Crippen molar-refractivity contribution in [1.29, 1.82) is 0 Å². The molecule has 1 aliphatic heterocycles. The van der Waals surface area contributed by atoms with Gasteiger partial charge in [0, 0.05) is 17.2 Å². The third-order valence-corrected chi connectivity index (χ3v) is 5.06. The van der Waals surface area contributed by atoms with Gasteiger partial charge in [0.05, 0.1) is 24.5 Å². The number of benzene rings is 2. The van der Waals surface area contributed by atoms with E-state index in [-0.39, 0.29) is 12.0 Å². The second-order valence-corrected chi connectivity index (χ2v) is 7.28. The monoisotopic (exact) mass is 402 g/mol. The molecular formula is C23H18N2O5. The van der Waals surface area contributed by atoms with Crippen LogP contribution in [0.4, 0.5) is 0 Å². The fraction of sp³-hybridized carbons (Fsp3) is 0.174. The van der Waals surface area contributed by atoms with Crippen LogP contribution in [0.3, 0.4) is 0 Å². The zero-order chi connectivity index (χ0) is 20.7. The van der Waals surface area contributed by atoms with Gasteiger partial charge >= 0.3 is 5.63 Å². The van der Waals surface area contributed by atoms with Gasteiger partial charge in [-0.1, -0.05) is 35.5 Å². The lowest BCUT2D eigenvalue weighted by Crippen LogP contribution is -2.56. The molecule has 150 valence electrons. The highest BCUT2D eigenvalue weighted by Gasteiger charge is 2.33. The van der Waals surface area contributed by atoms with Crippen molar-refractivity contribution < 1.29 is 18.5 Å². The summed E-state index contributed by atoms with van der Waals surface area (Å²) in [6.07, 6.45) is -0.158. The van der Waals surface area contributed by atoms with Crippen LogP contribution in [-0.2, 0) is 0 Å². The molecule has 3 heterocycles. The molecule has 0 saturated carbocycles. The molecule has 1 amide bonds. The number of aryl methyl sites for hydroxylation is 1. The molecule has 7 nitrogen and oxygen atoms in total. The zero-order valence-corrected chi connectivity index (χ0v) is 16.2. The molecule has 0 unspecified atom stereocenters. The van der Waals surface area contributed by atoms with Gasteiger partial charge < -0.3 is 18.6 Å². The van der Waals surface area contributed by atoms with Crippen LogP contribution in [-0.4, -0.2) is 35.2 Å². The summed E-state index contributed by atoms with van der Waals surface area (Å²) in [4.78, 5) is 26.1. The Morgan fingerprint density at radius 1 is 1.10 bits per heavy atom. The van der Waals surface area contributed by atoms with Gasteiger partial charge in [0.1, 0.15) is 23.1 Å². The minimum Gasteiger partial charge on any atom is -0.486 e. The summed E-state index contributed by atoms with van der Waals surface area (Å²) in [6, 6.07) is 18.0. The molecule has 1 aliphatic rings. The van der Waals surface area contributed by atoms with Crippen molar-refractivity contribution >= 4 is 16.8 Å². The van der Waals surface area contributed by atoms with Crippen molar-refractivity contribution in [3.8, 4) is 17.1 Å². The van der Waals surface area contributed by atoms with Crippen molar-refractivity contribution in [1.82, 2.24) is 10.1 Å². The van der Waals surface area contributed by atoms with Crippen LogP contribution in [0.2, 0.25) is 0 Å². The average Bonchev–Trinajstić information content (AvgIpc) is 3.13. The summed E-state index contributed by atoms with van der Waals surface area (Å²) in [7, 11) is 0. The van der Waals surface area contributed by atoms with Crippen LogP contribution >= 0.6 is 0 Å². The number of amides is 1. The number of hydrogen-bond acceptors (Lipinski definition) is 6. The lowest BCUT2D eigenvalue weighted by molar-refractivity contribution is 0.0175. The summed E-state index contributed by atoms with van der Waals surface area (Å²) in [6.45, 7) is 2.59.